The maximum atomic E-state index is 13.2. The molecule has 1 aromatic carbocycles. The number of rotatable bonds is 6. The summed E-state index contributed by atoms with van der Waals surface area (Å²) in [5.74, 6) is 0.201. The number of aromatic nitrogens is 3. The molecule has 26 heavy (non-hydrogen) atoms. The van der Waals surface area contributed by atoms with Crippen molar-refractivity contribution in [3.63, 3.8) is 0 Å². The van der Waals surface area contributed by atoms with Gasteiger partial charge < -0.3 is 5.32 Å². The molecule has 5 nitrogen and oxygen atoms in total. The monoisotopic (exact) mass is 410 g/mol. The van der Waals surface area contributed by atoms with Gasteiger partial charge in [0.25, 0.3) is 0 Å². The molecule has 1 N–H and O–H groups in total. The number of thiophene rings is 1. The van der Waals surface area contributed by atoms with E-state index in [0.717, 1.165) is 10.7 Å². The predicted molar refractivity (Wildman–Crippen MR) is 104 cm³/mol. The number of carbonyl (C=O) groups is 1. The lowest BCUT2D eigenvalue weighted by Crippen LogP contribution is -2.15. The van der Waals surface area contributed by atoms with Gasteiger partial charge >= 0.3 is 0 Å². The lowest BCUT2D eigenvalue weighted by molar-refractivity contribution is -0.113. The van der Waals surface area contributed by atoms with Crippen LogP contribution in [0.15, 0.2) is 40.9 Å². The SMILES string of the molecule is CC(C)n1c(SCC(=O)Nc2ccc(F)c(Cl)c2)nnc1-c1cccs1. The maximum absolute atomic E-state index is 13.2. The fourth-order valence-electron chi connectivity index (χ4n) is 2.32. The van der Waals surface area contributed by atoms with E-state index in [9.17, 15) is 9.18 Å². The van der Waals surface area contributed by atoms with Gasteiger partial charge in [-0.25, -0.2) is 4.39 Å². The Hall–Kier alpha value is -1.90. The molecule has 0 spiro atoms. The second kappa shape index (κ2) is 8.20. The van der Waals surface area contributed by atoms with E-state index < -0.39 is 5.82 Å². The highest BCUT2D eigenvalue weighted by molar-refractivity contribution is 7.99. The standard InChI is InChI=1S/C17H16ClFN4OS2/c1-10(2)23-16(14-4-3-7-25-14)21-22-17(23)26-9-15(24)20-11-5-6-13(19)12(18)8-11/h3-8,10H,9H2,1-2H3,(H,20,24). The van der Waals surface area contributed by atoms with E-state index in [1.807, 2.05) is 35.9 Å². The lowest BCUT2D eigenvalue weighted by Gasteiger charge is -2.13. The van der Waals surface area contributed by atoms with Crippen LogP contribution in [0.4, 0.5) is 10.1 Å². The highest BCUT2D eigenvalue weighted by Gasteiger charge is 2.18. The second-order valence-corrected chi connectivity index (χ2v) is 8.01. The van der Waals surface area contributed by atoms with Crippen LogP contribution in [0.1, 0.15) is 19.9 Å². The van der Waals surface area contributed by atoms with Gasteiger partial charge in [-0.05, 0) is 43.5 Å². The van der Waals surface area contributed by atoms with Crippen LogP contribution in [-0.2, 0) is 4.79 Å². The van der Waals surface area contributed by atoms with Gasteiger partial charge in [-0.2, -0.15) is 0 Å². The Balaban J connectivity index is 1.69. The van der Waals surface area contributed by atoms with Gasteiger partial charge in [-0.15, -0.1) is 21.5 Å². The first-order chi connectivity index (χ1) is 12.5. The molecule has 3 aromatic rings. The highest BCUT2D eigenvalue weighted by Crippen LogP contribution is 2.30. The average Bonchev–Trinajstić information content (AvgIpc) is 3.25. The molecule has 2 heterocycles. The van der Waals surface area contributed by atoms with Crippen molar-refractivity contribution < 1.29 is 9.18 Å². The summed E-state index contributed by atoms with van der Waals surface area (Å²) in [7, 11) is 0. The van der Waals surface area contributed by atoms with E-state index in [-0.39, 0.29) is 22.7 Å². The fourth-order valence-corrected chi connectivity index (χ4v) is 4.07. The van der Waals surface area contributed by atoms with Gasteiger partial charge in [0, 0.05) is 11.7 Å². The number of anilines is 1. The minimum Gasteiger partial charge on any atom is -0.325 e. The minimum atomic E-state index is -0.523. The van der Waals surface area contributed by atoms with Gasteiger partial charge in [0.2, 0.25) is 5.91 Å². The number of nitrogens with one attached hydrogen (secondary N) is 1. The van der Waals surface area contributed by atoms with Crippen LogP contribution >= 0.6 is 34.7 Å². The Labute approximate surface area is 163 Å². The van der Waals surface area contributed by atoms with Crippen molar-refractivity contribution in [3.8, 4) is 10.7 Å². The van der Waals surface area contributed by atoms with Crippen LogP contribution in [0.2, 0.25) is 5.02 Å². The van der Waals surface area contributed by atoms with Gasteiger partial charge in [0.15, 0.2) is 11.0 Å². The Morgan fingerprint density at radius 1 is 1.38 bits per heavy atom. The van der Waals surface area contributed by atoms with E-state index in [0.29, 0.717) is 10.8 Å². The number of thioether (sulfide) groups is 1. The summed E-state index contributed by atoms with van der Waals surface area (Å²) in [6.45, 7) is 4.09. The molecule has 0 unspecified atom stereocenters. The number of amides is 1. The Morgan fingerprint density at radius 3 is 2.85 bits per heavy atom. The molecule has 0 saturated carbocycles. The Morgan fingerprint density at radius 2 is 2.19 bits per heavy atom. The van der Waals surface area contributed by atoms with Crippen LogP contribution in [0.5, 0.6) is 0 Å². The molecular weight excluding hydrogens is 395 g/mol. The molecule has 0 atom stereocenters. The molecule has 0 bridgehead atoms. The normalized spacial score (nSPS) is 11.1. The first kappa shape index (κ1) is 18.9. The van der Waals surface area contributed by atoms with E-state index in [1.54, 1.807) is 11.3 Å². The maximum Gasteiger partial charge on any atom is 0.234 e. The zero-order valence-corrected chi connectivity index (χ0v) is 16.5. The number of carbonyl (C=O) groups excluding carboxylic acids is 1. The molecule has 3 rings (SSSR count). The van der Waals surface area contributed by atoms with Crippen LogP contribution < -0.4 is 5.32 Å². The fraction of sp³-hybridized carbons (Fsp3) is 0.235. The first-order valence-corrected chi connectivity index (χ1v) is 10.1. The molecule has 0 saturated heterocycles. The Kier molecular flexibility index (Phi) is 5.95. The zero-order chi connectivity index (χ0) is 18.7. The van der Waals surface area contributed by atoms with E-state index >= 15 is 0 Å². The van der Waals surface area contributed by atoms with Crippen molar-refractivity contribution in [1.29, 1.82) is 0 Å². The summed E-state index contributed by atoms with van der Waals surface area (Å²) in [6.07, 6.45) is 0. The molecule has 0 aliphatic heterocycles. The summed E-state index contributed by atoms with van der Waals surface area (Å²) in [4.78, 5) is 13.2. The van der Waals surface area contributed by atoms with Crippen molar-refractivity contribution in [1.82, 2.24) is 14.8 Å². The van der Waals surface area contributed by atoms with Gasteiger partial charge in [-0.1, -0.05) is 29.4 Å². The van der Waals surface area contributed by atoms with Gasteiger partial charge in [0.1, 0.15) is 5.82 Å². The third-order valence-electron chi connectivity index (χ3n) is 3.46. The zero-order valence-electron chi connectivity index (χ0n) is 14.1. The topological polar surface area (TPSA) is 59.8 Å². The number of nitrogens with zero attached hydrogens (tertiary/aromatic N) is 3. The molecule has 0 radical (unpaired) electrons. The van der Waals surface area contributed by atoms with Crippen molar-refractivity contribution >= 4 is 46.3 Å². The summed E-state index contributed by atoms with van der Waals surface area (Å²) >= 11 is 8.62. The molecular formula is C17H16ClFN4OS2. The number of benzene rings is 1. The van der Waals surface area contributed by atoms with Crippen LogP contribution in [-0.4, -0.2) is 26.4 Å². The largest absolute Gasteiger partial charge is 0.325 e. The third kappa shape index (κ3) is 4.25. The van der Waals surface area contributed by atoms with Crippen molar-refractivity contribution in [2.45, 2.75) is 25.0 Å². The van der Waals surface area contributed by atoms with Crippen LogP contribution in [0.25, 0.3) is 10.7 Å². The van der Waals surface area contributed by atoms with Crippen molar-refractivity contribution in [2.24, 2.45) is 0 Å². The van der Waals surface area contributed by atoms with Gasteiger partial charge in [0.05, 0.1) is 15.7 Å². The molecule has 136 valence electrons. The summed E-state index contributed by atoms with van der Waals surface area (Å²) in [6, 6.07) is 8.18. The summed E-state index contributed by atoms with van der Waals surface area (Å²) in [5, 5.41) is 13.8. The minimum absolute atomic E-state index is 0.0319. The summed E-state index contributed by atoms with van der Waals surface area (Å²) < 4.78 is 15.2. The first-order valence-electron chi connectivity index (χ1n) is 7.82. The molecule has 1 amide bonds. The molecule has 0 fully saturated rings. The van der Waals surface area contributed by atoms with Gasteiger partial charge in [-0.3, -0.25) is 9.36 Å². The summed E-state index contributed by atoms with van der Waals surface area (Å²) in [5.41, 5.74) is 0.451. The highest BCUT2D eigenvalue weighted by atomic mass is 35.5. The quantitative estimate of drug-likeness (QED) is 0.573. The van der Waals surface area contributed by atoms with E-state index in [4.69, 9.17) is 11.6 Å². The second-order valence-electron chi connectivity index (χ2n) is 5.71. The van der Waals surface area contributed by atoms with Crippen LogP contribution in [0, 0.1) is 5.82 Å². The third-order valence-corrected chi connectivity index (χ3v) is 5.56. The Bertz CT molecular complexity index is 912. The molecule has 0 aliphatic carbocycles. The van der Waals surface area contributed by atoms with E-state index in [1.165, 1.54) is 30.0 Å². The molecule has 9 heteroatoms. The number of hydrogen-bond donors (Lipinski definition) is 1. The smallest absolute Gasteiger partial charge is 0.234 e. The molecule has 0 aliphatic rings. The predicted octanol–water partition coefficient (Wildman–Crippen LogP) is 5.11. The lowest BCUT2D eigenvalue weighted by atomic mass is 10.3. The van der Waals surface area contributed by atoms with Crippen LogP contribution in [0.3, 0.4) is 0 Å². The van der Waals surface area contributed by atoms with E-state index in [2.05, 4.69) is 15.5 Å². The van der Waals surface area contributed by atoms with Crippen molar-refractivity contribution in [2.75, 3.05) is 11.1 Å². The molecule has 2 aromatic heterocycles. The average molecular weight is 411 g/mol. The van der Waals surface area contributed by atoms with Crippen molar-refractivity contribution in [3.05, 3.63) is 46.6 Å². The number of hydrogen-bond acceptors (Lipinski definition) is 5. The number of halogens is 2.